The first-order chi connectivity index (χ1) is 16.5. The zero-order valence-corrected chi connectivity index (χ0v) is 20.7. The Kier molecular flexibility index (Phi) is 7.95. The molecule has 1 aliphatic carbocycles. The Labute approximate surface area is 206 Å². The predicted molar refractivity (Wildman–Crippen MR) is 133 cm³/mol. The minimum atomic E-state index is -0.381. The summed E-state index contributed by atoms with van der Waals surface area (Å²) in [6, 6.07) is 7.79. The van der Waals surface area contributed by atoms with Crippen molar-refractivity contribution in [2.24, 2.45) is 5.92 Å². The number of thiophene rings is 1. The second-order valence-corrected chi connectivity index (χ2v) is 10.1. The molecule has 1 aliphatic rings. The molecule has 2 aromatic heterocycles. The van der Waals surface area contributed by atoms with Gasteiger partial charge >= 0.3 is 5.97 Å². The molecule has 0 saturated heterocycles. The number of rotatable bonds is 8. The monoisotopic (exact) mass is 499 g/mol. The van der Waals surface area contributed by atoms with Crippen molar-refractivity contribution in [3.63, 3.8) is 0 Å². The molecule has 1 aromatic carbocycles. The van der Waals surface area contributed by atoms with Gasteiger partial charge in [-0.05, 0) is 68.0 Å². The van der Waals surface area contributed by atoms with Crippen LogP contribution in [0.3, 0.4) is 0 Å². The molecular formula is C25H26FN3O3S2. The minimum absolute atomic E-state index is 0.0925. The fourth-order valence-corrected chi connectivity index (χ4v) is 5.99. The number of amides is 1. The number of carbonyl (C=O) groups excluding carboxylic acids is 2. The Balaban J connectivity index is 1.46. The zero-order valence-electron chi connectivity index (χ0n) is 19.1. The Morgan fingerprint density at radius 3 is 2.76 bits per heavy atom. The second-order valence-electron chi connectivity index (χ2n) is 8.01. The molecule has 4 rings (SSSR count). The summed E-state index contributed by atoms with van der Waals surface area (Å²) >= 11 is 2.69. The van der Waals surface area contributed by atoms with E-state index in [0.29, 0.717) is 27.3 Å². The van der Waals surface area contributed by atoms with E-state index in [9.17, 15) is 14.0 Å². The maximum absolute atomic E-state index is 13.2. The molecule has 0 bridgehead atoms. The summed E-state index contributed by atoms with van der Waals surface area (Å²) in [5.41, 5.74) is 2.94. The minimum Gasteiger partial charge on any atom is -0.462 e. The maximum atomic E-state index is 13.2. The lowest BCUT2D eigenvalue weighted by atomic mass is 9.85. The lowest BCUT2D eigenvalue weighted by Gasteiger charge is -2.20. The number of halogens is 1. The fourth-order valence-electron chi connectivity index (χ4n) is 3.99. The first kappa shape index (κ1) is 24.3. The number of hydrogen-bond donors (Lipinski definition) is 1. The van der Waals surface area contributed by atoms with E-state index in [1.807, 2.05) is 0 Å². The molecule has 2 heterocycles. The summed E-state index contributed by atoms with van der Waals surface area (Å²) < 4.78 is 18.5. The third kappa shape index (κ3) is 5.64. The summed E-state index contributed by atoms with van der Waals surface area (Å²) in [4.78, 5) is 35.3. The van der Waals surface area contributed by atoms with Crippen molar-refractivity contribution >= 4 is 40.0 Å². The van der Waals surface area contributed by atoms with Crippen LogP contribution in [0.5, 0.6) is 0 Å². The molecule has 34 heavy (non-hydrogen) atoms. The van der Waals surface area contributed by atoms with Gasteiger partial charge in [-0.3, -0.25) is 4.79 Å². The van der Waals surface area contributed by atoms with E-state index in [2.05, 4.69) is 22.2 Å². The Bertz CT molecular complexity index is 1180. The average Bonchev–Trinajstić information content (AvgIpc) is 3.20. The van der Waals surface area contributed by atoms with Gasteiger partial charge in [-0.1, -0.05) is 25.1 Å². The second kappa shape index (κ2) is 11.1. The molecule has 0 saturated carbocycles. The standard InChI is InChI=1S/C25H26FN3O3S2/c1-3-15-5-10-18-20(13-15)34-23(22(18)24(31)32-4-2)29-21(30)14-33-25-27-12-11-19(28-25)16-6-8-17(26)9-7-16/h6-9,11-12,15H,3-5,10,13-14H2,1-2H3,(H,29,30)/t15-/m1/s1. The van der Waals surface area contributed by atoms with Crippen LogP contribution in [0, 0.1) is 11.7 Å². The van der Waals surface area contributed by atoms with E-state index in [4.69, 9.17) is 4.74 Å². The molecular weight excluding hydrogens is 473 g/mol. The van der Waals surface area contributed by atoms with Gasteiger partial charge in [0.15, 0.2) is 5.16 Å². The van der Waals surface area contributed by atoms with E-state index < -0.39 is 0 Å². The van der Waals surface area contributed by atoms with Crippen molar-refractivity contribution in [3.8, 4) is 11.3 Å². The molecule has 0 aliphatic heterocycles. The van der Waals surface area contributed by atoms with Gasteiger partial charge in [0.25, 0.3) is 0 Å². The van der Waals surface area contributed by atoms with Crippen molar-refractivity contribution in [1.82, 2.24) is 9.97 Å². The van der Waals surface area contributed by atoms with Gasteiger partial charge in [-0.15, -0.1) is 11.3 Å². The van der Waals surface area contributed by atoms with Crippen molar-refractivity contribution in [1.29, 1.82) is 0 Å². The Hall–Kier alpha value is -2.78. The summed E-state index contributed by atoms with van der Waals surface area (Å²) in [5.74, 6) is -0.238. The number of ether oxygens (including phenoxy) is 1. The highest BCUT2D eigenvalue weighted by atomic mass is 32.2. The summed E-state index contributed by atoms with van der Waals surface area (Å²) in [7, 11) is 0. The normalized spacial score (nSPS) is 15.0. The molecule has 178 valence electrons. The van der Waals surface area contributed by atoms with Gasteiger partial charge < -0.3 is 10.1 Å². The van der Waals surface area contributed by atoms with Gasteiger partial charge in [-0.25, -0.2) is 19.2 Å². The van der Waals surface area contributed by atoms with Crippen molar-refractivity contribution < 1.29 is 18.7 Å². The predicted octanol–water partition coefficient (Wildman–Crippen LogP) is 5.77. The smallest absolute Gasteiger partial charge is 0.341 e. The number of hydrogen-bond acceptors (Lipinski definition) is 7. The third-order valence-corrected chi connectivity index (χ3v) is 7.81. The number of carbonyl (C=O) groups is 2. The molecule has 1 atom stereocenters. The SMILES string of the molecule is CCOC(=O)c1c(NC(=O)CSc2nccc(-c3ccc(F)cc3)n2)sc2c1CC[C@@H](CC)C2. The zero-order chi connectivity index (χ0) is 24.1. The van der Waals surface area contributed by atoms with Gasteiger partial charge in [0.2, 0.25) is 5.91 Å². The van der Waals surface area contributed by atoms with Gasteiger partial charge in [0.05, 0.1) is 23.6 Å². The van der Waals surface area contributed by atoms with Crippen LogP contribution in [0.2, 0.25) is 0 Å². The van der Waals surface area contributed by atoms with Crippen LogP contribution in [-0.4, -0.2) is 34.2 Å². The van der Waals surface area contributed by atoms with E-state index in [1.54, 1.807) is 31.3 Å². The van der Waals surface area contributed by atoms with E-state index in [1.165, 1.54) is 40.1 Å². The molecule has 1 amide bonds. The van der Waals surface area contributed by atoms with Crippen LogP contribution in [0.4, 0.5) is 9.39 Å². The van der Waals surface area contributed by atoms with Crippen LogP contribution in [0.1, 0.15) is 47.5 Å². The number of esters is 1. The summed E-state index contributed by atoms with van der Waals surface area (Å²) in [6.45, 7) is 4.24. The molecule has 1 N–H and O–H groups in total. The highest BCUT2D eigenvalue weighted by Crippen LogP contribution is 2.41. The van der Waals surface area contributed by atoms with Gasteiger partial charge in [-0.2, -0.15) is 0 Å². The van der Waals surface area contributed by atoms with E-state index in [-0.39, 0.29) is 30.1 Å². The lowest BCUT2D eigenvalue weighted by molar-refractivity contribution is -0.113. The number of nitrogens with one attached hydrogen (secondary N) is 1. The number of anilines is 1. The molecule has 9 heteroatoms. The third-order valence-electron chi connectivity index (χ3n) is 5.78. The van der Waals surface area contributed by atoms with Crippen LogP contribution < -0.4 is 5.32 Å². The first-order valence-electron chi connectivity index (χ1n) is 11.3. The summed E-state index contributed by atoms with van der Waals surface area (Å²) in [6.07, 6.45) is 5.51. The largest absolute Gasteiger partial charge is 0.462 e. The number of nitrogens with zero attached hydrogens (tertiary/aromatic N) is 2. The fraction of sp³-hybridized carbons (Fsp3) is 0.360. The number of thioether (sulfide) groups is 1. The molecule has 6 nitrogen and oxygen atoms in total. The number of aromatic nitrogens is 2. The quantitative estimate of drug-likeness (QED) is 0.241. The van der Waals surface area contributed by atoms with Crippen molar-refractivity contribution in [2.45, 2.75) is 44.7 Å². The van der Waals surface area contributed by atoms with Crippen LogP contribution in [0.15, 0.2) is 41.7 Å². The van der Waals surface area contributed by atoms with Gasteiger partial charge in [0.1, 0.15) is 10.8 Å². The highest BCUT2D eigenvalue weighted by Gasteiger charge is 2.29. The van der Waals surface area contributed by atoms with Crippen LogP contribution in [-0.2, 0) is 22.4 Å². The molecule has 0 spiro atoms. The van der Waals surface area contributed by atoms with Gasteiger partial charge in [0, 0.05) is 16.6 Å². The number of benzene rings is 1. The highest BCUT2D eigenvalue weighted by molar-refractivity contribution is 7.99. The molecule has 0 fully saturated rings. The summed E-state index contributed by atoms with van der Waals surface area (Å²) in [5, 5.41) is 3.93. The Morgan fingerprint density at radius 1 is 1.24 bits per heavy atom. The van der Waals surface area contributed by atoms with Crippen molar-refractivity contribution in [2.75, 3.05) is 17.7 Å². The van der Waals surface area contributed by atoms with E-state index >= 15 is 0 Å². The Morgan fingerprint density at radius 2 is 2.03 bits per heavy atom. The first-order valence-corrected chi connectivity index (χ1v) is 13.1. The van der Waals surface area contributed by atoms with Crippen molar-refractivity contribution in [3.05, 3.63) is 58.3 Å². The number of fused-ring (bicyclic) bond motifs is 1. The lowest BCUT2D eigenvalue weighted by Crippen LogP contribution is -2.18. The molecule has 0 radical (unpaired) electrons. The topological polar surface area (TPSA) is 81.2 Å². The van der Waals surface area contributed by atoms with Crippen LogP contribution >= 0.6 is 23.1 Å². The van der Waals surface area contributed by atoms with Crippen LogP contribution in [0.25, 0.3) is 11.3 Å². The average molecular weight is 500 g/mol. The molecule has 0 unspecified atom stereocenters. The molecule has 3 aromatic rings. The van der Waals surface area contributed by atoms with E-state index in [0.717, 1.165) is 36.8 Å². The maximum Gasteiger partial charge on any atom is 0.341 e.